The van der Waals surface area contributed by atoms with E-state index in [1.165, 1.54) is 0 Å². The van der Waals surface area contributed by atoms with E-state index in [2.05, 4.69) is 31.3 Å². The summed E-state index contributed by atoms with van der Waals surface area (Å²) in [4.78, 5) is 29.5. The molecule has 5 rings (SSSR count). The zero-order valence-corrected chi connectivity index (χ0v) is 18.5. The van der Waals surface area contributed by atoms with Gasteiger partial charge in [0, 0.05) is 5.56 Å². The molecule has 0 aliphatic heterocycles. The van der Waals surface area contributed by atoms with Crippen molar-refractivity contribution in [2.45, 2.75) is 31.4 Å². The largest absolute Gasteiger partial charge is 0.384 e. The van der Waals surface area contributed by atoms with Gasteiger partial charge in [-0.2, -0.15) is 14.9 Å². The van der Waals surface area contributed by atoms with Gasteiger partial charge in [0.2, 0.25) is 5.95 Å². The highest BCUT2D eigenvalue weighted by Gasteiger charge is 2.37. The van der Waals surface area contributed by atoms with Crippen LogP contribution in [0.15, 0.2) is 54.7 Å². The van der Waals surface area contributed by atoms with Crippen LogP contribution < -0.4 is 5.73 Å². The van der Waals surface area contributed by atoms with Gasteiger partial charge in [0.25, 0.3) is 0 Å². The van der Waals surface area contributed by atoms with Gasteiger partial charge in [-0.25, -0.2) is 14.6 Å². The molecule has 3 aromatic heterocycles. The molecule has 1 aliphatic rings. The quantitative estimate of drug-likeness (QED) is 0.441. The molecule has 11 heteroatoms. The predicted octanol–water partition coefficient (Wildman–Crippen LogP) is 2.09. The summed E-state index contributed by atoms with van der Waals surface area (Å²) in [6.45, 7) is 0.411. The molecule has 0 saturated heterocycles. The second kappa shape index (κ2) is 10.0. The number of benzene rings is 1. The number of hydrogen-bond donors (Lipinski definition) is 2. The van der Waals surface area contributed by atoms with Crippen molar-refractivity contribution in [2.75, 3.05) is 5.73 Å². The molecule has 1 saturated carbocycles. The second-order valence-corrected chi connectivity index (χ2v) is 7.97. The normalized spacial score (nSPS) is 13.5. The van der Waals surface area contributed by atoms with Crippen molar-refractivity contribution in [3.63, 3.8) is 0 Å². The molecule has 0 atom stereocenters. The van der Waals surface area contributed by atoms with E-state index < -0.39 is 5.60 Å². The van der Waals surface area contributed by atoms with Crippen molar-refractivity contribution in [1.29, 1.82) is 5.26 Å². The molecule has 0 radical (unpaired) electrons. The SMILES string of the molecule is N#Cc1cccc(-c2cc(-c3cn(Cc4cccc(C5(O)CCC5)n4)nn3)nc(N)n2)c1.O=C=O. The van der Waals surface area contributed by atoms with Crippen LogP contribution in [0.2, 0.25) is 0 Å². The summed E-state index contributed by atoms with van der Waals surface area (Å²) in [5.74, 6) is 0.109. The number of nitrogen functional groups attached to an aromatic ring is 1. The van der Waals surface area contributed by atoms with E-state index in [0.29, 0.717) is 34.9 Å². The van der Waals surface area contributed by atoms with E-state index in [0.717, 1.165) is 30.5 Å². The first kappa shape index (κ1) is 23.4. The highest BCUT2D eigenvalue weighted by atomic mass is 16.3. The fraction of sp³-hybridized carbons (Fsp3) is 0.208. The molecule has 1 aromatic carbocycles. The monoisotopic (exact) mass is 468 g/mol. The lowest BCUT2D eigenvalue weighted by atomic mass is 9.77. The van der Waals surface area contributed by atoms with Gasteiger partial charge >= 0.3 is 6.15 Å². The summed E-state index contributed by atoms with van der Waals surface area (Å²) >= 11 is 0. The first-order valence-corrected chi connectivity index (χ1v) is 10.7. The number of nitrogens with two attached hydrogens (primary N) is 1. The Morgan fingerprint density at radius 2 is 1.77 bits per heavy atom. The lowest BCUT2D eigenvalue weighted by molar-refractivity contribution is -0.191. The molecule has 3 N–H and O–H groups in total. The van der Waals surface area contributed by atoms with Crippen LogP contribution in [0.4, 0.5) is 5.95 Å². The van der Waals surface area contributed by atoms with Gasteiger partial charge in [-0.05, 0) is 49.6 Å². The Balaban J connectivity index is 0.000000917. The van der Waals surface area contributed by atoms with E-state index in [4.69, 9.17) is 20.6 Å². The number of hydrogen-bond acceptors (Lipinski definition) is 10. The standard InChI is InChI=1S/C23H20N8O.CO2/c24-12-15-4-1-5-16(10-15)18-11-19(28-22(25)27-18)20-14-31(30-29-20)13-17-6-2-7-21(26-17)23(32)8-3-9-23;2-1-3/h1-2,4-7,10-11,14,32H,3,8-9,13H2,(H2,25,27,28);. The Kier molecular flexibility index (Phi) is 6.69. The number of nitrogens with zero attached hydrogens (tertiary/aromatic N) is 7. The van der Waals surface area contributed by atoms with Gasteiger partial charge in [-0.15, -0.1) is 5.10 Å². The number of pyridine rings is 1. The van der Waals surface area contributed by atoms with Crippen LogP contribution in [-0.4, -0.2) is 41.2 Å². The number of carbonyl (C=O) groups excluding carboxylic acids is 2. The first-order valence-electron chi connectivity index (χ1n) is 10.7. The summed E-state index contributed by atoms with van der Waals surface area (Å²) in [5, 5.41) is 28.1. The lowest BCUT2D eigenvalue weighted by Crippen LogP contribution is -2.34. The molecule has 11 nitrogen and oxygen atoms in total. The minimum absolute atomic E-state index is 0.109. The van der Waals surface area contributed by atoms with Gasteiger partial charge in [-0.3, -0.25) is 4.98 Å². The summed E-state index contributed by atoms with van der Waals surface area (Å²) in [6.07, 6.45) is 4.51. The first-order chi connectivity index (χ1) is 16.9. The van der Waals surface area contributed by atoms with E-state index in [1.54, 1.807) is 35.1 Å². The minimum atomic E-state index is -0.804. The molecular weight excluding hydrogens is 448 g/mol. The Labute approximate surface area is 199 Å². The van der Waals surface area contributed by atoms with Crippen molar-refractivity contribution in [1.82, 2.24) is 29.9 Å². The van der Waals surface area contributed by atoms with Crippen molar-refractivity contribution in [3.8, 4) is 28.7 Å². The van der Waals surface area contributed by atoms with Gasteiger partial charge in [0.1, 0.15) is 11.3 Å². The second-order valence-electron chi connectivity index (χ2n) is 7.97. The molecular formula is C24H20N8O3. The van der Waals surface area contributed by atoms with Gasteiger partial charge in [0.15, 0.2) is 0 Å². The number of aromatic nitrogens is 6. The molecule has 3 heterocycles. The van der Waals surface area contributed by atoms with Gasteiger partial charge in [-0.1, -0.05) is 23.4 Å². The van der Waals surface area contributed by atoms with E-state index >= 15 is 0 Å². The fourth-order valence-corrected chi connectivity index (χ4v) is 3.75. The number of aliphatic hydroxyl groups is 1. The van der Waals surface area contributed by atoms with E-state index in [-0.39, 0.29) is 12.1 Å². The Bertz CT molecular complexity index is 1430. The number of anilines is 1. The minimum Gasteiger partial charge on any atom is -0.384 e. The van der Waals surface area contributed by atoms with Crippen LogP contribution >= 0.6 is 0 Å². The maximum atomic E-state index is 10.6. The molecule has 0 spiro atoms. The molecule has 0 bridgehead atoms. The summed E-state index contributed by atoms with van der Waals surface area (Å²) in [5.41, 5.74) is 9.60. The molecule has 174 valence electrons. The van der Waals surface area contributed by atoms with Crippen molar-refractivity contribution < 1.29 is 14.7 Å². The van der Waals surface area contributed by atoms with Crippen LogP contribution in [0, 0.1) is 11.3 Å². The van der Waals surface area contributed by atoms with E-state index in [9.17, 15) is 5.11 Å². The molecule has 1 aliphatic carbocycles. The summed E-state index contributed by atoms with van der Waals surface area (Å²) in [6, 6.07) is 16.7. The topological polar surface area (TPSA) is 174 Å². The summed E-state index contributed by atoms with van der Waals surface area (Å²) in [7, 11) is 0. The Hall–Kier alpha value is -4.78. The van der Waals surface area contributed by atoms with Crippen LogP contribution in [0.1, 0.15) is 36.2 Å². The van der Waals surface area contributed by atoms with Crippen molar-refractivity contribution >= 4 is 12.1 Å². The van der Waals surface area contributed by atoms with Crippen molar-refractivity contribution in [3.05, 3.63) is 71.7 Å². The highest BCUT2D eigenvalue weighted by Crippen LogP contribution is 2.40. The third kappa shape index (κ3) is 5.25. The number of rotatable bonds is 5. The van der Waals surface area contributed by atoms with E-state index in [1.807, 2.05) is 24.3 Å². The zero-order valence-electron chi connectivity index (χ0n) is 18.5. The maximum absolute atomic E-state index is 10.6. The fourth-order valence-electron chi connectivity index (χ4n) is 3.75. The van der Waals surface area contributed by atoms with Crippen molar-refractivity contribution in [2.24, 2.45) is 0 Å². The molecule has 4 aromatic rings. The molecule has 0 unspecified atom stereocenters. The predicted molar refractivity (Wildman–Crippen MR) is 122 cm³/mol. The Morgan fingerprint density at radius 3 is 2.49 bits per heavy atom. The smallest absolute Gasteiger partial charge is 0.373 e. The average Bonchev–Trinajstić information content (AvgIpc) is 3.31. The Morgan fingerprint density at radius 1 is 1.03 bits per heavy atom. The highest BCUT2D eigenvalue weighted by molar-refractivity contribution is 5.68. The van der Waals surface area contributed by atoms with Crippen LogP contribution in [-0.2, 0) is 21.7 Å². The number of nitriles is 1. The third-order valence-electron chi connectivity index (χ3n) is 5.62. The molecule has 35 heavy (non-hydrogen) atoms. The van der Waals surface area contributed by atoms with Crippen LogP contribution in [0.3, 0.4) is 0 Å². The molecule has 0 amide bonds. The maximum Gasteiger partial charge on any atom is 0.373 e. The van der Waals surface area contributed by atoms with Gasteiger partial charge in [0.05, 0.1) is 47.1 Å². The average molecular weight is 468 g/mol. The lowest BCUT2D eigenvalue weighted by Gasteiger charge is -2.36. The molecule has 1 fully saturated rings. The zero-order chi connectivity index (χ0) is 24.8. The van der Waals surface area contributed by atoms with Gasteiger partial charge < -0.3 is 10.8 Å². The van der Waals surface area contributed by atoms with Crippen LogP contribution in [0.25, 0.3) is 22.6 Å². The third-order valence-corrected chi connectivity index (χ3v) is 5.62. The summed E-state index contributed by atoms with van der Waals surface area (Å²) < 4.78 is 1.67. The van der Waals surface area contributed by atoms with Crippen LogP contribution in [0.5, 0.6) is 0 Å².